The van der Waals surface area contributed by atoms with Crippen LogP contribution in [-0.4, -0.2) is 26.0 Å². The second kappa shape index (κ2) is 8.84. The normalized spacial score (nSPS) is 11.4. The summed E-state index contributed by atoms with van der Waals surface area (Å²) in [7, 11) is -2.22. The highest BCUT2D eigenvalue weighted by Crippen LogP contribution is 2.29. The molecule has 4 aromatic rings. The van der Waals surface area contributed by atoms with E-state index in [1.807, 2.05) is 0 Å². The van der Waals surface area contributed by atoms with Gasteiger partial charge < -0.3 is 14.6 Å². The molecule has 32 heavy (non-hydrogen) atoms. The monoisotopic (exact) mass is 452 g/mol. The molecule has 1 heterocycles. The summed E-state index contributed by atoms with van der Waals surface area (Å²) in [5.41, 5.74) is 1.64. The van der Waals surface area contributed by atoms with Crippen LogP contribution < -0.4 is 10.1 Å². The molecule has 0 aliphatic carbocycles. The number of rotatable bonds is 7. The van der Waals surface area contributed by atoms with E-state index in [9.17, 15) is 17.6 Å². The van der Waals surface area contributed by atoms with Crippen molar-refractivity contribution in [3.8, 4) is 5.75 Å². The van der Waals surface area contributed by atoms with Gasteiger partial charge in [0, 0.05) is 17.1 Å². The van der Waals surface area contributed by atoms with Gasteiger partial charge in [-0.25, -0.2) is 12.8 Å². The number of benzene rings is 3. The molecule has 0 atom stereocenters. The van der Waals surface area contributed by atoms with Crippen molar-refractivity contribution in [1.82, 2.24) is 4.57 Å². The van der Waals surface area contributed by atoms with Crippen molar-refractivity contribution < 1.29 is 22.3 Å². The molecule has 164 valence electrons. The van der Waals surface area contributed by atoms with Crippen molar-refractivity contribution in [3.05, 3.63) is 90.4 Å². The predicted octanol–water partition coefficient (Wildman–Crippen LogP) is 4.40. The minimum absolute atomic E-state index is 0.0787. The molecule has 8 heteroatoms. The van der Waals surface area contributed by atoms with Crippen LogP contribution in [0.1, 0.15) is 5.56 Å². The standard InChI is InChI=1S/C24H21FN2O4S/c1-31-22-9-5-3-7-20(22)26-24(28)15-27-14-23(19-6-2-4-8-21(19)27)32(29,30)16-17-10-12-18(25)13-11-17/h2-14H,15-16H2,1H3,(H,26,28). The van der Waals surface area contributed by atoms with Crippen LogP contribution in [0.2, 0.25) is 0 Å². The number of hydrogen-bond donors (Lipinski definition) is 1. The summed E-state index contributed by atoms with van der Waals surface area (Å²) in [5, 5.41) is 3.33. The summed E-state index contributed by atoms with van der Waals surface area (Å²) >= 11 is 0. The van der Waals surface area contributed by atoms with E-state index in [1.165, 1.54) is 37.6 Å². The van der Waals surface area contributed by atoms with Gasteiger partial charge >= 0.3 is 0 Å². The van der Waals surface area contributed by atoms with Gasteiger partial charge in [-0.1, -0.05) is 42.5 Å². The lowest BCUT2D eigenvalue weighted by atomic mass is 10.2. The van der Waals surface area contributed by atoms with Gasteiger partial charge in [-0.3, -0.25) is 4.79 Å². The molecule has 0 saturated heterocycles. The molecule has 3 aromatic carbocycles. The topological polar surface area (TPSA) is 77.4 Å². The quantitative estimate of drug-likeness (QED) is 0.451. The van der Waals surface area contributed by atoms with Crippen molar-refractivity contribution >= 4 is 32.3 Å². The summed E-state index contributed by atoms with van der Waals surface area (Å²) in [5.74, 6) is -0.489. The van der Waals surface area contributed by atoms with Crippen LogP contribution in [0.25, 0.3) is 10.9 Å². The summed E-state index contributed by atoms with van der Waals surface area (Å²) < 4.78 is 46.3. The van der Waals surface area contributed by atoms with E-state index in [-0.39, 0.29) is 23.1 Å². The average molecular weight is 453 g/mol. The predicted molar refractivity (Wildman–Crippen MR) is 121 cm³/mol. The third-order valence-electron chi connectivity index (χ3n) is 5.05. The molecular weight excluding hydrogens is 431 g/mol. The van der Waals surface area contributed by atoms with Crippen LogP contribution in [-0.2, 0) is 26.9 Å². The number of nitrogens with one attached hydrogen (secondary N) is 1. The maximum absolute atomic E-state index is 13.2. The lowest BCUT2D eigenvalue weighted by Gasteiger charge is -2.10. The molecule has 0 bridgehead atoms. The fraction of sp³-hybridized carbons (Fsp3) is 0.125. The van der Waals surface area contributed by atoms with E-state index < -0.39 is 15.7 Å². The Balaban J connectivity index is 1.64. The van der Waals surface area contributed by atoms with Crippen molar-refractivity contribution in [2.45, 2.75) is 17.2 Å². The minimum atomic E-state index is -3.73. The Hall–Kier alpha value is -3.65. The zero-order chi connectivity index (χ0) is 22.7. The first-order chi connectivity index (χ1) is 15.4. The van der Waals surface area contributed by atoms with Crippen molar-refractivity contribution in [2.75, 3.05) is 12.4 Å². The molecule has 6 nitrogen and oxygen atoms in total. The molecule has 4 rings (SSSR count). The van der Waals surface area contributed by atoms with E-state index >= 15 is 0 Å². The molecule has 1 amide bonds. The lowest BCUT2D eigenvalue weighted by Crippen LogP contribution is -2.18. The van der Waals surface area contributed by atoms with Gasteiger partial charge in [0.05, 0.1) is 23.4 Å². The van der Waals surface area contributed by atoms with Crippen LogP contribution in [0.5, 0.6) is 5.75 Å². The van der Waals surface area contributed by atoms with Gasteiger partial charge in [0.15, 0.2) is 9.84 Å². The summed E-state index contributed by atoms with van der Waals surface area (Å²) in [6.45, 7) is -0.0787. The molecule has 0 aliphatic rings. The highest BCUT2D eigenvalue weighted by atomic mass is 32.2. The number of carbonyl (C=O) groups is 1. The number of aromatic nitrogens is 1. The number of amides is 1. The zero-order valence-corrected chi connectivity index (χ0v) is 18.1. The number of carbonyl (C=O) groups excluding carboxylic acids is 1. The number of hydrogen-bond acceptors (Lipinski definition) is 4. The molecule has 0 unspecified atom stereocenters. The Morgan fingerprint density at radius 2 is 1.69 bits per heavy atom. The van der Waals surface area contributed by atoms with E-state index in [1.54, 1.807) is 53.1 Å². The van der Waals surface area contributed by atoms with Crippen LogP contribution >= 0.6 is 0 Å². The van der Waals surface area contributed by atoms with Gasteiger partial charge in [0.25, 0.3) is 0 Å². The number of methoxy groups -OCH3 is 1. The fourth-order valence-electron chi connectivity index (χ4n) is 3.56. The maximum atomic E-state index is 13.2. The van der Waals surface area contributed by atoms with E-state index in [0.29, 0.717) is 27.9 Å². The fourth-order valence-corrected chi connectivity index (χ4v) is 5.14. The molecule has 0 spiro atoms. The van der Waals surface area contributed by atoms with Crippen LogP contribution in [0, 0.1) is 5.82 Å². The Morgan fingerprint density at radius 3 is 2.44 bits per heavy atom. The summed E-state index contributed by atoms with van der Waals surface area (Å²) in [6, 6.07) is 19.4. The van der Waals surface area contributed by atoms with Gasteiger partial charge in [-0.2, -0.15) is 0 Å². The number of sulfone groups is 1. The summed E-state index contributed by atoms with van der Waals surface area (Å²) in [6.07, 6.45) is 1.48. The molecular formula is C24H21FN2O4S. The van der Waals surface area contributed by atoms with Crippen LogP contribution in [0.4, 0.5) is 10.1 Å². The van der Waals surface area contributed by atoms with Gasteiger partial charge in [-0.05, 0) is 35.9 Å². The SMILES string of the molecule is COc1ccccc1NC(=O)Cn1cc(S(=O)(=O)Cc2ccc(F)cc2)c2ccccc21. The first kappa shape index (κ1) is 21.6. The number of ether oxygens (including phenoxy) is 1. The largest absolute Gasteiger partial charge is 0.495 e. The number of halogens is 1. The first-order valence-corrected chi connectivity index (χ1v) is 11.5. The molecule has 0 radical (unpaired) electrons. The Kier molecular flexibility index (Phi) is 5.96. The Morgan fingerprint density at radius 1 is 1.00 bits per heavy atom. The third-order valence-corrected chi connectivity index (χ3v) is 6.76. The smallest absolute Gasteiger partial charge is 0.244 e. The lowest BCUT2D eigenvalue weighted by molar-refractivity contribution is -0.116. The molecule has 0 fully saturated rings. The molecule has 1 N–H and O–H groups in total. The first-order valence-electron chi connectivity index (χ1n) is 9.85. The van der Waals surface area contributed by atoms with Crippen molar-refractivity contribution in [3.63, 3.8) is 0 Å². The maximum Gasteiger partial charge on any atom is 0.244 e. The van der Waals surface area contributed by atoms with Gasteiger partial charge in [0.1, 0.15) is 18.1 Å². The van der Waals surface area contributed by atoms with Crippen molar-refractivity contribution in [1.29, 1.82) is 0 Å². The second-order valence-corrected chi connectivity index (χ2v) is 9.23. The highest BCUT2D eigenvalue weighted by molar-refractivity contribution is 7.90. The van der Waals surface area contributed by atoms with Gasteiger partial charge in [0.2, 0.25) is 5.91 Å². The molecule has 1 aromatic heterocycles. The number of fused-ring (bicyclic) bond motifs is 1. The second-order valence-electron chi connectivity index (χ2n) is 7.27. The number of nitrogens with zero attached hydrogens (tertiary/aromatic N) is 1. The van der Waals surface area contributed by atoms with E-state index in [0.717, 1.165) is 0 Å². The number of para-hydroxylation sites is 3. The average Bonchev–Trinajstić information content (AvgIpc) is 3.15. The third kappa shape index (κ3) is 4.50. The molecule has 0 saturated carbocycles. The Labute approximate surface area is 185 Å². The van der Waals surface area contributed by atoms with Gasteiger partial charge in [-0.15, -0.1) is 0 Å². The van der Waals surface area contributed by atoms with Crippen LogP contribution in [0.15, 0.2) is 83.9 Å². The molecule has 0 aliphatic heterocycles. The highest BCUT2D eigenvalue weighted by Gasteiger charge is 2.22. The Bertz CT molecular complexity index is 1380. The minimum Gasteiger partial charge on any atom is -0.495 e. The van der Waals surface area contributed by atoms with Crippen LogP contribution in [0.3, 0.4) is 0 Å². The zero-order valence-electron chi connectivity index (χ0n) is 17.3. The number of anilines is 1. The van der Waals surface area contributed by atoms with E-state index in [4.69, 9.17) is 4.74 Å². The van der Waals surface area contributed by atoms with Crippen molar-refractivity contribution in [2.24, 2.45) is 0 Å². The van der Waals surface area contributed by atoms with E-state index in [2.05, 4.69) is 5.32 Å². The summed E-state index contributed by atoms with van der Waals surface area (Å²) in [4.78, 5) is 12.8.